The van der Waals surface area contributed by atoms with Crippen LogP contribution in [0.5, 0.6) is 5.75 Å². The number of ether oxygens (including phenoxy) is 2. The van der Waals surface area contributed by atoms with Crippen molar-refractivity contribution in [2.45, 2.75) is 51.0 Å². The van der Waals surface area contributed by atoms with E-state index in [1.54, 1.807) is 6.92 Å². The van der Waals surface area contributed by atoms with Gasteiger partial charge in [0.05, 0.1) is 24.5 Å². The fourth-order valence-electron chi connectivity index (χ4n) is 4.21. The highest BCUT2D eigenvalue weighted by molar-refractivity contribution is 5.69. The van der Waals surface area contributed by atoms with Crippen molar-refractivity contribution in [2.24, 2.45) is 0 Å². The maximum atomic E-state index is 11.1. The molecule has 3 aliphatic rings. The molecule has 30 heavy (non-hydrogen) atoms. The monoisotopic (exact) mass is 405 g/mol. The molecular weight excluding hydrogens is 378 g/mol. The van der Waals surface area contributed by atoms with Gasteiger partial charge in [0.1, 0.15) is 12.4 Å². The van der Waals surface area contributed by atoms with Gasteiger partial charge in [-0.25, -0.2) is 0 Å². The zero-order valence-corrected chi connectivity index (χ0v) is 17.2. The third-order valence-corrected chi connectivity index (χ3v) is 5.62. The molecule has 0 radical (unpaired) electrons. The van der Waals surface area contributed by atoms with E-state index in [4.69, 9.17) is 14.6 Å². The molecule has 5 nitrogen and oxygen atoms in total. The molecule has 2 bridgehead atoms. The van der Waals surface area contributed by atoms with Gasteiger partial charge in [-0.15, -0.1) is 5.92 Å². The lowest BCUT2D eigenvalue weighted by Crippen LogP contribution is -2.56. The maximum absolute atomic E-state index is 11.1. The van der Waals surface area contributed by atoms with E-state index in [0.717, 1.165) is 36.5 Å². The number of fused-ring (bicyclic) bond motifs is 2. The molecule has 3 fully saturated rings. The Morgan fingerprint density at radius 1 is 1.20 bits per heavy atom. The van der Waals surface area contributed by atoms with E-state index in [1.165, 1.54) is 12.0 Å². The topological polar surface area (TPSA) is 59.0 Å². The summed E-state index contributed by atoms with van der Waals surface area (Å²) in [6.07, 6.45) is 2.07. The standard InChI is InChI=1S/C25H27NO4/c1-2-4-21(12-25(27)28)20-7-9-22(10-8-20)29-17-19-6-3-5-18(11-19)14-26-15-23-13-24(16-26)30-23/h3,5-11,21,23-24H,12-17H2,1H3,(H,27,28). The van der Waals surface area contributed by atoms with Crippen LogP contribution in [0.15, 0.2) is 48.5 Å². The average Bonchev–Trinajstić information content (AvgIpc) is 2.72. The Balaban J connectivity index is 1.33. The summed E-state index contributed by atoms with van der Waals surface area (Å²) in [7, 11) is 0. The molecule has 0 saturated carbocycles. The zero-order valence-electron chi connectivity index (χ0n) is 17.2. The summed E-state index contributed by atoms with van der Waals surface area (Å²) in [5.41, 5.74) is 3.32. The lowest BCUT2D eigenvalue weighted by atomic mass is 9.96. The minimum absolute atomic E-state index is 0.00152. The molecule has 0 aromatic heterocycles. The molecule has 1 N–H and O–H groups in total. The highest BCUT2D eigenvalue weighted by Gasteiger charge is 2.37. The van der Waals surface area contributed by atoms with Crippen LogP contribution in [-0.2, 0) is 22.7 Å². The van der Waals surface area contributed by atoms with E-state index >= 15 is 0 Å². The van der Waals surface area contributed by atoms with Crippen LogP contribution < -0.4 is 4.74 Å². The van der Waals surface area contributed by atoms with E-state index in [2.05, 4.69) is 41.0 Å². The first-order chi connectivity index (χ1) is 14.6. The zero-order chi connectivity index (χ0) is 20.9. The summed E-state index contributed by atoms with van der Waals surface area (Å²) in [5.74, 6) is 5.40. The average molecular weight is 405 g/mol. The first kappa shape index (κ1) is 20.5. The molecular formula is C25H27NO4. The summed E-state index contributed by atoms with van der Waals surface area (Å²) in [5, 5.41) is 9.08. The summed E-state index contributed by atoms with van der Waals surface area (Å²) in [4.78, 5) is 13.5. The summed E-state index contributed by atoms with van der Waals surface area (Å²) < 4.78 is 11.7. The van der Waals surface area contributed by atoms with E-state index in [0.29, 0.717) is 18.8 Å². The molecule has 2 aromatic rings. The predicted molar refractivity (Wildman–Crippen MR) is 114 cm³/mol. The highest BCUT2D eigenvalue weighted by Crippen LogP contribution is 2.29. The minimum Gasteiger partial charge on any atom is -0.489 e. The molecule has 3 saturated heterocycles. The number of morpholine rings is 1. The van der Waals surface area contributed by atoms with E-state index < -0.39 is 5.97 Å². The molecule has 3 aliphatic heterocycles. The Kier molecular flexibility index (Phi) is 6.37. The number of aliphatic carboxylic acids is 1. The van der Waals surface area contributed by atoms with Gasteiger partial charge in [0.25, 0.3) is 0 Å². The Hall–Kier alpha value is -2.81. The lowest BCUT2D eigenvalue weighted by Gasteiger charge is -2.47. The van der Waals surface area contributed by atoms with Gasteiger partial charge in [-0.1, -0.05) is 42.3 Å². The van der Waals surface area contributed by atoms with Gasteiger partial charge < -0.3 is 14.6 Å². The fourth-order valence-corrected chi connectivity index (χ4v) is 4.21. The number of carboxylic acids is 1. The van der Waals surface area contributed by atoms with Crippen LogP contribution in [0.25, 0.3) is 0 Å². The normalized spacial score (nSPS) is 21.1. The predicted octanol–water partition coefficient (Wildman–Crippen LogP) is 3.82. The maximum Gasteiger partial charge on any atom is 0.304 e. The van der Waals surface area contributed by atoms with Gasteiger partial charge in [0.2, 0.25) is 0 Å². The Labute approximate surface area is 177 Å². The lowest BCUT2D eigenvalue weighted by molar-refractivity contribution is -0.182. The Bertz CT molecular complexity index is 928. The van der Waals surface area contributed by atoms with Gasteiger partial charge in [0, 0.05) is 26.1 Å². The van der Waals surface area contributed by atoms with Crippen LogP contribution >= 0.6 is 0 Å². The van der Waals surface area contributed by atoms with Crippen molar-refractivity contribution in [3.05, 3.63) is 65.2 Å². The molecule has 3 heterocycles. The van der Waals surface area contributed by atoms with Crippen molar-refractivity contribution < 1.29 is 19.4 Å². The SMILES string of the molecule is CC#CC(CC(=O)O)c1ccc(OCc2cccc(CN3CC4CC(C3)O4)c2)cc1. The van der Waals surface area contributed by atoms with Crippen LogP contribution in [0.3, 0.4) is 0 Å². The van der Waals surface area contributed by atoms with Crippen molar-refractivity contribution in [3.63, 3.8) is 0 Å². The number of piperidine rings is 1. The van der Waals surface area contributed by atoms with Crippen LogP contribution in [0.1, 0.15) is 42.4 Å². The molecule has 0 amide bonds. The largest absolute Gasteiger partial charge is 0.489 e. The number of hydrogen-bond acceptors (Lipinski definition) is 4. The first-order valence-electron chi connectivity index (χ1n) is 10.4. The van der Waals surface area contributed by atoms with E-state index in [9.17, 15) is 4.79 Å². The summed E-state index contributed by atoms with van der Waals surface area (Å²) in [6, 6.07) is 16.1. The second-order valence-electron chi connectivity index (χ2n) is 8.03. The smallest absolute Gasteiger partial charge is 0.304 e. The van der Waals surface area contributed by atoms with Crippen LogP contribution in [0, 0.1) is 11.8 Å². The van der Waals surface area contributed by atoms with Crippen LogP contribution in [0.4, 0.5) is 0 Å². The highest BCUT2D eigenvalue weighted by atomic mass is 16.5. The summed E-state index contributed by atoms with van der Waals surface area (Å²) >= 11 is 0. The van der Waals surface area contributed by atoms with Crippen molar-refractivity contribution in [2.75, 3.05) is 13.1 Å². The van der Waals surface area contributed by atoms with Gasteiger partial charge in [-0.3, -0.25) is 9.69 Å². The van der Waals surface area contributed by atoms with Crippen molar-refractivity contribution in [1.82, 2.24) is 4.90 Å². The van der Waals surface area contributed by atoms with Gasteiger partial charge in [0.15, 0.2) is 0 Å². The number of rotatable bonds is 8. The van der Waals surface area contributed by atoms with Gasteiger partial charge in [-0.2, -0.15) is 0 Å². The first-order valence-corrected chi connectivity index (χ1v) is 10.4. The molecule has 5 heteroatoms. The minimum atomic E-state index is -0.850. The molecule has 3 unspecified atom stereocenters. The number of carbonyl (C=O) groups is 1. The van der Waals surface area contributed by atoms with Gasteiger partial charge in [-0.05, 0) is 35.7 Å². The second kappa shape index (κ2) is 9.34. The molecule has 0 spiro atoms. The number of nitrogens with zero attached hydrogens (tertiary/aromatic N) is 1. The van der Waals surface area contributed by atoms with E-state index in [-0.39, 0.29) is 12.3 Å². The number of carboxylic acid groups (broad SMARTS) is 1. The molecule has 0 aliphatic carbocycles. The Morgan fingerprint density at radius 3 is 2.57 bits per heavy atom. The molecule has 156 valence electrons. The van der Waals surface area contributed by atoms with Crippen molar-refractivity contribution >= 4 is 5.97 Å². The van der Waals surface area contributed by atoms with Crippen molar-refractivity contribution in [3.8, 4) is 17.6 Å². The van der Waals surface area contributed by atoms with Crippen LogP contribution in [-0.4, -0.2) is 41.3 Å². The quantitative estimate of drug-likeness (QED) is 0.677. The molecule has 5 rings (SSSR count). The third kappa shape index (κ3) is 5.21. The molecule has 2 aromatic carbocycles. The third-order valence-electron chi connectivity index (χ3n) is 5.62. The number of benzene rings is 2. The second-order valence-corrected chi connectivity index (χ2v) is 8.03. The Morgan fingerprint density at radius 2 is 1.90 bits per heavy atom. The van der Waals surface area contributed by atoms with Gasteiger partial charge >= 0.3 is 5.97 Å². The summed E-state index contributed by atoms with van der Waals surface area (Å²) in [6.45, 7) is 5.21. The number of hydrogen-bond donors (Lipinski definition) is 1. The van der Waals surface area contributed by atoms with Crippen LogP contribution in [0.2, 0.25) is 0 Å². The molecule has 3 atom stereocenters. The van der Waals surface area contributed by atoms with E-state index in [1.807, 2.05) is 24.3 Å². The fraction of sp³-hybridized carbons (Fsp3) is 0.400. The van der Waals surface area contributed by atoms with Crippen molar-refractivity contribution in [1.29, 1.82) is 0 Å².